The molecule has 2 N–H and O–H groups in total. The minimum Gasteiger partial charge on any atom is -0.384 e. The maximum atomic E-state index is 12.5. The molecule has 0 aliphatic heterocycles. The highest BCUT2D eigenvalue weighted by molar-refractivity contribution is 6.33. The fourth-order valence-electron chi connectivity index (χ4n) is 3.02. The van der Waals surface area contributed by atoms with E-state index in [9.17, 15) is 9.90 Å². The number of hydrogen-bond acceptors (Lipinski definition) is 3. The average Bonchev–Trinajstić information content (AvgIpc) is 3.50. The van der Waals surface area contributed by atoms with Gasteiger partial charge in [0.2, 0.25) is 0 Å². The van der Waals surface area contributed by atoms with Gasteiger partial charge in [0, 0.05) is 18.3 Å². The summed E-state index contributed by atoms with van der Waals surface area (Å²) in [5, 5.41) is 12.7. The molecule has 27 heavy (non-hydrogen) atoms. The minimum absolute atomic E-state index is 0.191. The van der Waals surface area contributed by atoms with E-state index in [0.29, 0.717) is 17.2 Å². The summed E-state index contributed by atoms with van der Waals surface area (Å²) in [6, 6.07) is 12.6. The number of hydrogen-bond donors (Lipinski definition) is 2. The predicted molar refractivity (Wildman–Crippen MR) is 108 cm³/mol. The van der Waals surface area contributed by atoms with Crippen LogP contribution in [-0.2, 0) is 10.5 Å². The Morgan fingerprint density at radius 2 is 1.93 bits per heavy atom. The van der Waals surface area contributed by atoms with Gasteiger partial charge in [-0.1, -0.05) is 24.3 Å². The van der Waals surface area contributed by atoms with Crippen LogP contribution in [0.2, 0.25) is 0 Å². The van der Waals surface area contributed by atoms with Crippen molar-refractivity contribution in [3.8, 4) is 0 Å². The molecule has 0 spiro atoms. The Balaban J connectivity index is 1.82. The molecule has 3 rings (SSSR count). The molecule has 6 heteroatoms. The standard InChI is InChI=1S/C21H24Cl2N2O2/c1-20(2,27)17-11-10-16(12-24-17)21(23,18(22)14-8-9-14)13-25-19(26)15-6-4-3-5-7-15/h3-7,10-12,14,18,27H,8-9,13H2,1-2H3,(H,25,26). The highest BCUT2D eigenvalue weighted by atomic mass is 35.5. The summed E-state index contributed by atoms with van der Waals surface area (Å²) in [5.74, 6) is 0.133. The number of carbonyl (C=O) groups excluding carboxylic acids is 1. The zero-order valence-electron chi connectivity index (χ0n) is 15.5. The normalized spacial score (nSPS) is 17.8. The quantitative estimate of drug-likeness (QED) is 0.677. The summed E-state index contributed by atoms with van der Waals surface area (Å²) in [5.41, 5.74) is 0.824. The zero-order valence-corrected chi connectivity index (χ0v) is 17.0. The smallest absolute Gasteiger partial charge is 0.251 e. The molecule has 1 aromatic heterocycles. The Kier molecular flexibility index (Phi) is 5.80. The first kappa shape index (κ1) is 20.1. The van der Waals surface area contributed by atoms with Crippen LogP contribution in [0.5, 0.6) is 0 Å². The largest absolute Gasteiger partial charge is 0.384 e. The lowest BCUT2D eigenvalue weighted by molar-refractivity contribution is 0.0738. The van der Waals surface area contributed by atoms with Crippen LogP contribution in [-0.4, -0.2) is 27.9 Å². The molecule has 1 amide bonds. The van der Waals surface area contributed by atoms with Gasteiger partial charge in [-0.25, -0.2) is 0 Å². The molecule has 1 heterocycles. The highest BCUT2D eigenvalue weighted by Crippen LogP contribution is 2.47. The topological polar surface area (TPSA) is 62.2 Å². The number of amides is 1. The Morgan fingerprint density at radius 1 is 1.26 bits per heavy atom. The minimum atomic E-state index is -1.04. The molecule has 4 nitrogen and oxygen atoms in total. The monoisotopic (exact) mass is 406 g/mol. The first-order chi connectivity index (χ1) is 12.7. The van der Waals surface area contributed by atoms with Crippen molar-refractivity contribution in [2.75, 3.05) is 6.54 Å². The second-order valence-corrected chi connectivity index (χ2v) is 8.79. The zero-order chi connectivity index (χ0) is 19.7. The van der Waals surface area contributed by atoms with Crippen molar-refractivity contribution in [3.63, 3.8) is 0 Å². The average molecular weight is 407 g/mol. The lowest BCUT2D eigenvalue weighted by atomic mass is 9.91. The third-order valence-electron chi connectivity index (χ3n) is 4.89. The molecule has 0 saturated heterocycles. The van der Waals surface area contributed by atoms with Crippen LogP contribution in [0.4, 0.5) is 0 Å². The van der Waals surface area contributed by atoms with Gasteiger partial charge < -0.3 is 10.4 Å². The molecule has 1 aliphatic rings. The molecule has 1 saturated carbocycles. The first-order valence-corrected chi connectivity index (χ1v) is 9.89. The van der Waals surface area contributed by atoms with E-state index in [2.05, 4.69) is 10.3 Å². The maximum Gasteiger partial charge on any atom is 0.251 e. The highest BCUT2D eigenvalue weighted by Gasteiger charge is 2.46. The molecule has 144 valence electrons. The number of aromatic nitrogens is 1. The lowest BCUT2D eigenvalue weighted by Gasteiger charge is -2.33. The van der Waals surface area contributed by atoms with Gasteiger partial charge in [-0.3, -0.25) is 9.78 Å². The molecular weight excluding hydrogens is 383 g/mol. The van der Waals surface area contributed by atoms with Crippen LogP contribution >= 0.6 is 23.2 Å². The second kappa shape index (κ2) is 7.78. The Morgan fingerprint density at radius 3 is 2.44 bits per heavy atom. The molecule has 1 aliphatic carbocycles. The molecule has 2 unspecified atom stereocenters. The van der Waals surface area contributed by atoms with Gasteiger partial charge in [0.05, 0.1) is 11.1 Å². The number of halogens is 2. The number of pyridine rings is 1. The fraction of sp³-hybridized carbons (Fsp3) is 0.429. The number of alkyl halides is 2. The molecule has 1 fully saturated rings. The maximum absolute atomic E-state index is 12.5. The number of benzene rings is 1. The van der Waals surface area contributed by atoms with Crippen molar-refractivity contribution in [3.05, 3.63) is 65.5 Å². The van der Waals surface area contributed by atoms with E-state index < -0.39 is 10.5 Å². The van der Waals surface area contributed by atoms with Gasteiger partial charge in [-0.15, -0.1) is 23.2 Å². The van der Waals surface area contributed by atoms with Crippen LogP contribution in [0.3, 0.4) is 0 Å². The summed E-state index contributed by atoms with van der Waals surface area (Å²) >= 11 is 13.7. The fourth-order valence-corrected chi connectivity index (χ4v) is 3.84. The number of nitrogens with one attached hydrogen (secondary N) is 1. The summed E-state index contributed by atoms with van der Waals surface area (Å²) < 4.78 is 0. The molecule has 2 atom stereocenters. The van der Waals surface area contributed by atoms with E-state index in [1.54, 1.807) is 38.2 Å². The van der Waals surface area contributed by atoms with Gasteiger partial charge in [0.15, 0.2) is 0 Å². The van der Waals surface area contributed by atoms with E-state index in [4.69, 9.17) is 23.2 Å². The Labute approximate surface area is 169 Å². The van der Waals surface area contributed by atoms with Crippen LogP contribution in [0, 0.1) is 5.92 Å². The SMILES string of the molecule is CC(C)(O)c1ccc(C(Cl)(CNC(=O)c2ccccc2)C(Cl)C2CC2)cn1. The Hall–Kier alpha value is -1.62. The summed E-state index contributed by atoms with van der Waals surface area (Å²) in [6.45, 7) is 3.55. The van der Waals surface area contributed by atoms with Crippen LogP contribution in [0.1, 0.15) is 48.3 Å². The third-order valence-corrected chi connectivity index (χ3v) is 6.31. The third kappa shape index (κ3) is 4.63. The number of carbonyl (C=O) groups is 1. The summed E-state index contributed by atoms with van der Waals surface area (Å²) in [4.78, 5) is 15.8. The van der Waals surface area contributed by atoms with E-state index in [1.165, 1.54) is 0 Å². The molecule has 1 aromatic carbocycles. The number of rotatable bonds is 7. The number of nitrogens with zero attached hydrogens (tertiary/aromatic N) is 1. The van der Waals surface area contributed by atoms with Crippen LogP contribution < -0.4 is 5.32 Å². The van der Waals surface area contributed by atoms with Gasteiger partial charge >= 0.3 is 0 Å². The summed E-state index contributed by atoms with van der Waals surface area (Å²) in [6.07, 6.45) is 3.71. The van der Waals surface area contributed by atoms with Crippen molar-refractivity contribution in [2.45, 2.75) is 42.5 Å². The van der Waals surface area contributed by atoms with Crippen molar-refractivity contribution >= 4 is 29.1 Å². The van der Waals surface area contributed by atoms with E-state index in [0.717, 1.165) is 18.4 Å². The second-order valence-electron chi connectivity index (χ2n) is 7.64. The molecule has 0 bridgehead atoms. The van der Waals surface area contributed by atoms with Crippen LogP contribution in [0.15, 0.2) is 48.7 Å². The van der Waals surface area contributed by atoms with Gasteiger partial charge in [-0.05, 0) is 56.4 Å². The van der Waals surface area contributed by atoms with Crippen LogP contribution in [0.25, 0.3) is 0 Å². The van der Waals surface area contributed by atoms with Crippen molar-refractivity contribution in [2.24, 2.45) is 5.92 Å². The molecule has 2 aromatic rings. The van der Waals surface area contributed by atoms with Crippen molar-refractivity contribution in [1.29, 1.82) is 0 Å². The van der Waals surface area contributed by atoms with Crippen molar-refractivity contribution < 1.29 is 9.90 Å². The van der Waals surface area contributed by atoms with Gasteiger partial charge in [0.25, 0.3) is 5.91 Å². The predicted octanol–water partition coefficient (Wildman–Crippen LogP) is 4.19. The molecule has 0 radical (unpaired) electrons. The van der Waals surface area contributed by atoms with Crippen molar-refractivity contribution in [1.82, 2.24) is 10.3 Å². The lowest BCUT2D eigenvalue weighted by Crippen LogP contribution is -2.44. The summed E-state index contributed by atoms with van der Waals surface area (Å²) in [7, 11) is 0. The van der Waals surface area contributed by atoms with E-state index >= 15 is 0 Å². The van der Waals surface area contributed by atoms with Gasteiger partial charge in [0.1, 0.15) is 10.5 Å². The molecular formula is C21H24Cl2N2O2. The Bertz CT molecular complexity index is 786. The van der Waals surface area contributed by atoms with Gasteiger partial charge in [-0.2, -0.15) is 0 Å². The first-order valence-electron chi connectivity index (χ1n) is 9.07. The van der Waals surface area contributed by atoms with E-state index in [-0.39, 0.29) is 17.8 Å². The van der Waals surface area contributed by atoms with E-state index in [1.807, 2.05) is 24.3 Å². The number of aliphatic hydroxyl groups is 1.